The van der Waals surface area contributed by atoms with Crippen molar-refractivity contribution in [3.63, 3.8) is 0 Å². The van der Waals surface area contributed by atoms with Crippen LogP contribution in [-0.2, 0) is 13.0 Å². The van der Waals surface area contributed by atoms with Crippen molar-refractivity contribution in [1.82, 2.24) is 20.3 Å². The number of guanidine groups is 1. The van der Waals surface area contributed by atoms with Gasteiger partial charge in [0.25, 0.3) is 0 Å². The van der Waals surface area contributed by atoms with Gasteiger partial charge in [-0.1, -0.05) is 33.2 Å². The maximum Gasteiger partial charge on any atom is 0.193 e. The lowest BCUT2D eigenvalue weighted by Crippen LogP contribution is -2.52. The molecular formula is C20H28BrN5O. The van der Waals surface area contributed by atoms with Crippen LogP contribution in [0, 0.1) is 6.92 Å². The predicted molar refractivity (Wildman–Crippen MR) is 112 cm³/mol. The van der Waals surface area contributed by atoms with Crippen molar-refractivity contribution in [2.75, 3.05) is 39.8 Å². The molecule has 7 heteroatoms. The van der Waals surface area contributed by atoms with E-state index in [9.17, 15) is 0 Å². The van der Waals surface area contributed by atoms with Crippen LogP contribution in [0.5, 0.6) is 0 Å². The Morgan fingerprint density at radius 2 is 2.07 bits per heavy atom. The van der Waals surface area contributed by atoms with Gasteiger partial charge in [-0.15, -0.1) is 0 Å². The van der Waals surface area contributed by atoms with Crippen molar-refractivity contribution in [3.8, 4) is 0 Å². The van der Waals surface area contributed by atoms with Crippen LogP contribution in [-0.4, -0.2) is 60.7 Å². The van der Waals surface area contributed by atoms with Gasteiger partial charge >= 0.3 is 0 Å². The second-order valence-electron chi connectivity index (χ2n) is 6.90. The highest BCUT2D eigenvalue weighted by molar-refractivity contribution is 9.10. The molecule has 0 radical (unpaired) electrons. The summed E-state index contributed by atoms with van der Waals surface area (Å²) in [6, 6.07) is 10.5. The molecule has 2 heterocycles. The summed E-state index contributed by atoms with van der Waals surface area (Å²) in [5.41, 5.74) is 2.37. The van der Waals surface area contributed by atoms with Crippen molar-refractivity contribution in [2.45, 2.75) is 26.3 Å². The molecule has 146 valence electrons. The molecule has 1 N–H and O–H groups in total. The first kappa shape index (κ1) is 19.9. The van der Waals surface area contributed by atoms with Gasteiger partial charge in [0.1, 0.15) is 5.76 Å². The zero-order valence-electron chi connectivity index (χ0n) is 16.1. The van der Waals surface area contributed by atoms with Gasteiger partial charge in [0.05, 0.1) is 5.69 Å². The van der Waals surface area contributed by atoms with Crippen molar-refractivity contribution in [3.05, 3.63) is 51.8 Å². The number of aryl methyl sites for hydroxylation is 2. The first-order valence-electron chi connectivity index (χ1n) is 9.48. The van der Waals surface area contributed by atoms with Crippen molar-refractivity contribution in [2.24, 2.45) is 4.99 Å². The second kappa shape index (κ2) is 9.90. The molecule has 0 spiro atoms. The molecule has 1 aliphatic heterocycles. The van der Waals surface area contributed by atoms with Crippen LogP contribution in [0.15, 0.2) is 44.3 Å². The van der Waals surface area contributed by atoms with E-state index in [4.69, 9.17) is 4.52 Å². The molecule has 3 rings (SSSR count). The Kier molecular flexibility index (Phi) is 7.29. The minimum absolute atomic E-state index is 0.851. The topological polar surface area (TPSA) is 56.9 Å². The molecule has 0 aliphatic carbocycles. The van der Waals surface area contributed by atoms with E-state index in [1.54, 1.807) is 0 Å². The molecule has 0 bridgehead atoms. The Morgan fingerprint density at radius 3 is 2.74 bits per heavy atom. The number of aromatic nitrogens is 1. The van der Waals surface area contributed by atoms with Crippen LogP contribution in [0.2, 0.25) is 0 Å². The largest absolute Gasteiger partial charge is 0.361 e. The van der Waals surface area contributed by atoms with E-state index in [1.807, 2.05) is 20.0 Å². The summed E-state index contributed by atoms with van der Waals surface area (Å²) in [7, 11) is 1.86. The Morgan fingerprint density at radius 1 is 1.26 bits per heavy atom. The van der Waals surface area contributed by atoms with Gasteiger partial charge < -0.3 is 14.7 Å². The zero-order chi connectivity index (χ0) is 19.1. The molecule has 1 aliphatic rings. The molecule has 6 nitrogen and oxygen atoms in total. The van der Waals surface area contributed by atoms with Gasteiger partial charge in [0.15, 0.2) is 5.96 Å². The van der Waals surface area contributed by atoms with E-state index in [0.29, 0.717) is 0 Å². The number of rotatable bonds is 6. The molecule has 0 amide bonds. The van der Waals surface area contributed by atoms with Crippen molar-refractivity contribution < 1.29 is 4.52 Å². The van der Waals surface area contributed by atoms with Crippen LogP contribution in [0.3, 0.4) is 0 Å². The third kappa shape index (κ3) is 6.07. The fraction of sp³-hybridized carbons (Fsp3) is 0.500. The quantitative estimate of drug-likeness (QED) is 0.430. The van der Waals surface area contributed by atoms with Crippen LogP contribution in [0.1, 0.15) is 23.4 Å². The highest BCUT2D eigenvalue weighted by Gasteiger charge is 2.20. The third-order valence-corrected chi connectivity index (χ3v) is 5.25. The van der Waals surface area contributed by atoms with Crippen molar-refractivity contribution >= 4 is 21.9 Å². The Labute approximate surface area is 169 Å². The minimum Gasteiger partial charge on any atom is -0.361 e. The molecule has 1 aromatic carbocycles. The molecule has 0 saturated carbocycles. The van der Waals surface area contributed by atoms with Crippen LogP contribution in [0.25, 0.3) is 0 Å². The van der Waals surface area contributed by atoms with Crippen LogP contribution in [0.4, 0.5) is 0 Å². The smallest absolute Gasteiger partial charge is 0.193 e. The molecular weight excluding hydrogens is 406 g/mol. The SMILES string of the molecule is CN=C(NCCCc1cccc(Br)c1)N1CCN(Cc2cc(C)on2)CC1. The number of hydrogen-bond donors (Lipinski definition) is 1. The van der Waals surface area contributed by atoms with E-state index in [1.165, 1.54) is 5.56 Å². The predicted octanol–water partition coefficient (Wildman–Crippen LogP) is 3.07. The van der Waals surface area contributed by atoms with Gasteiger partial charge in [-0.25, -0.2) is 0 Å². The third-order valence-electron chi connectivity index (χ3n) is 4.76. The Hall–Kier alpha value is -1.86. The molecule has 1 aromatic heterocycles. The maximum atomic E-state index is 5.16. The summed E-state index contributed by atoms with van der Waals surface area (Å²) in [6.07, 6.45) is 2.15. The van der Waals surface area contributed by atoms with E-state index in [2.05, 4.69) is 65.5 Å². The molecule has 2 aromatic rings. The molecule has 1 fully saturated rings. The van der Waals surface area contributed by atoms with E-state index < -0.39 is 0 Å². The average molecular weight is 434 g/mol. The van der Waals surface area contributed by atoms with Gasteiger partial charge in [0, 0.05) is 56.9 Å². The summed E-state index contributed by atoms with van der Waals surface area (Å²) in [6.45, 7) is 7.67. The molecule has 27 heavy (non-hydrogen) atoms. The summed E-state index contributed by atoms with van der Waals surface area (Å²) in [5, 5.41) is 7.60. The molecule has 0 unspecified atom stereocenters. The number of benzene rings is 1. The first-order chi connectivity index (χ1) is 13.1. The zero-order valence-corrected chi connectivity index (χ0v) is 17.7. The van der Waals surface area contributed by atoms with Gasteiger partial charge in [0.2, 0.25) is 0 Å². The van der Waals surface area contributed by atoms with E-state index >= 15 is 0 Å². The van der Waals surface area contributed by atoms with Crippen LogP contribution >= 0.6 is 15.9 Å². The molecule has 1 saturated heterocycles. The number of halogens is 1. The van der Waals surface area contributed by atoms with E-state index in [0.717, 1.165) is 74.0 Å². The normalized spacial score (nSPS) is 16.0. The number of hydrogen-bond acceptors (Lipinski definition) is 4. The Balaban J connectivity index is 1.38. The number of piperazine rings is 1. The van der Waals surface area contributed by atoms with Gasteiger partial charge in [-0.2, -0.15) is 0 Å². The summed E-state index contributed by atoms with van der Waals surface area (Å²) in [4.78, 5) is 9.21. The van der Waals surface area contributed by atoms with Gasteiger partial charge in [-0.05, 0) is 37.5 Å². The summed E-state index contributed by atoms with van der Waals surface area (Å²) >= 11 is 3.53. The lowest BCUT2D eigenvalue weighted by Gasteiger charge is -2.36. The highest BCUT2D eigenvalue weighted by Crippen LogP contribution is 2.13. The maximum absolute atomic E-state index is 5.16. The number of nitrogens with zero attached hydrogens (tertiary/aromatic N) is 4. The summed E-state index contributed by atoms with van der Waals surface area (Å²) in [5.74, 6) is 1.87. The number of nitrogens with one attached hydrogen (secondary N) is 1. The van der Waals surface area contributed by atoms with Crippen molar-refractivity contribution in [1.29, 1.82) is 0 Å². The number of aliphatic imine (C=N–C) groups is 1. The second-order valence-corrected chi connectivity index (χ2v) is 7.82. The lowest BCUT2D eigenvalue weighted by atomic mass is 10.1. The summed E-state index contributed by atoms with van der Waals surface area (Å²) < 4.78 is 6.30. The monoisotopic (exact) mass is 433 g/mol. The standard InChI is InChI=1S/C20H28BrN5O/c1-16-13-19(24-27-16)15-25-9-11-26(12-10-25)20(22-2)23-8-4-6-17-5-3-7-18(21)14-17/h3,5,7,13-14H,4,6,8-12,15H2,1-2H3,(H,22,23). The van der Waals surface area contributed by atoms with E-state index in [-0.39, 0.29) is 0 Å². The minimum atomic E-state index is 0.851. The van der Waals surface area contributed by atoms with Gasteiger partial charge in [-0.3, -0.25) is 9.89 Å². The first-order valence-corrected chi connectivity index (χ1v) is 10.3. The Bertz CT molecular complexity index is 752. The van der Waals surface area contributed by atoms with Crippen LogP contribution < -0.4 is 5.32 Å². The average Bonchev–Trinajstić information content (AvgIpc) is 3.07. The lowest BCUT2D eigenvalue weighted by molar-refractivity contribution is 0.169. The molecule has 0 atom stereocenters. The fourth-order valence-corrected chi connectivity index (χ4v) is 3.80. The fourth-order valence-electron chi connectivity index (χ4n) is 3.36. The highest BCUT2D eigenvalue weighted by atomic mass is 79.9.